The van der Waals surface area contributed by atoms with E-state index in [2.05, 4.69) is 23.2 Å². The van der Waals surface area contributed by atoms with Crippen molar-refractivity contribution in [2.75, 3.05) is 0 Å². The summed E-state index contributed by atoms with van der Waals surface area (Å²) in [6.45, 7) is 0.996. The largest absolute Gasteiger partial charge is 0.435 e. The van der Waals surface area contributed by atoms with Crippen molar-refractivity contribution >= 4 is 0 Å². The molecule has 4 unspecified atom stereocenters. The highest BCUT2D eigenvalue weighted by Crippen LogP contribution is 2.48. The molecule has 0 bridgehead atoms. The lowest BCUT2D eigenvalue weighted by atomic mass is 9.63. The summed E-state index contributed by atoms with van der Waals surface area (Å²) in [6.07, 6.45) is 11.9. The first-order valence-electron chi connectivity index (χ1n) is 12.0. The normalized spacial score (nSPS) is 24.5. The molecular formula is C29H31F3O. The molecule has 0 radical (unpaired) electrons. The molecule has 2 saturated carbocycles. The third-order valence-corrected chi connectivity index (χ3v) is 7.39. The van der Waals surface area contributed by atoms with Gasteiger partial charge in [-0.3, -0.25) is 0 Å². The maximum atomic E-state index is 14.8. The Kier molecular flexibility index (Phi) is 7.81. The number of benzene rings is 2. The van der Waals surface area contributed by atoms with Gasteiger partial charge in [0.1, 0.15) is 11.6 Å². The van der Waals surface area contributed by atoms with Crippen molar-refractivity contribution in [3.05, 3.63) is 77.6 Å². The monoisotopic (exact) mass is 452 g/mol. The molecule has 0 aliphatic heterocycles. The average Bonchev–Trinajstić information content (AvgIpc) is 2.82. The molecule has 1 nitrogen and oxygen atoms in total. The molecule has 2 aliphatic rings. The lowest BCUT2D eigenvalue weighted by Gasteiger charge is -2.42. The maximum absolute atomic E-state index is 14.8. The van der Waals surface area contributed by atoms with Crippen LogP contribution in [-0.4, -0.2) is 6.61 Å². The van der Waals surface area contributed by atoms with Gasteiger partial charge in [-0.1, -0.05) is 30.4 Å². The summed E-state index contributed by atoms with van der Waals surface area (Å²) in [5.74, 6) is 8.41. The Balaban J connectivity index is 1.37. The molecule has 2 fully saturated rings. The molecule has 0 saturated heterocycles. The third-order valence-electron chi connectivity index (χ3n) is 7.39. The molecule has 0 spiro atoms. The summed E-state index contributed by atoms with van der Waals surface area (Å²) in [6, 6.07) is 11.5. The third kappa shape index (κ3) is 6.22. The van der Waals surface area contributed by atoms with Gasteiger partial charge in [-0.15, -0.1) is 6.58 Å². The molecule has 0 amide bonds. The molecule has 0 aromatic heterocycles. The maximum Gasteiger partial charge on any atom is 0.387 e. The number of hydrogen-bond donors (Lipinski definition) is 0. The summed E-state index contributed by atoms with van der Waals surface area (Å²) in [7, 11) is 0. The molecule has 2 aliphatic carbocycles. The molecule has 0 heterocycles. The molecule has 2 aromatic carbocycles. The smallest absolute Gasteiger partial charge is 0.387 e. The predicted molar refractivity (Wildman–Crippen MR) is 126 cm³/mol. The minimum absolute atomic E-state index is 0.0751. The SMILES string of the molecule is C=CCCC1CCC2CC(c3ccc(C#Cc4ccc(OC(F)F)cc4)c(F)c3)CCC2C1. The van der Waals surface area contributed by atoms with Gasteiger partial charge in [0.2, 0.25) is 0 Å². The van der Waals surface area contributed by atoms with Gasteiger partial charge in [0.05, 0.1) is 5.56 Å². The van der Waals surface area contributed by atoms with Crippen molar-refractivity contribution in [1.29, 1.82) is 0 Å². The van der Waals surface area contributed by atoms with Crippen LogP contribution in [0.15, 0.2) is 55.1 Å². The Bertz CT molecular complexity index is 1000. The van der Waals surface area contributed by atoms with Crippen molar-refractivity contribution in [1.82, 2.24) is 0 Å². The van der Waals surface area contributed by atoms with Crippen LogP contribution in [0.1, 0.15) is 74.0 Å². The Hall–Kier alpha value is -2.67. The molecule has 4 atom stereocenters. The van der Waals surface area contributed by atoms with E-state index in [4.69, 9.17) is 0 Å². The average molecular weight is 453 g/mol. The van der Waals surface area contributed by atoms with Crippen LogP contribution in [0.5, 0.6) is 5.75 Å². The van der Waals surface area contributed by atoms with Crippen LogP contribution in [0.4, 0.5) is 13.2 Å². The van der Waals surface area contributed by atoms with E-state index in [1.807, 2.05) is 12.1 Å². The Morgan fingerprint density at radius 2 is 1.73 bits per heavy atom. The van der Waals surface area contributed by atoms with Gasteiger partial charge in [-0.25, -0.2) is 4.39 Å². The highest BCUT2D eigenvalue weighted by molar-refractivity contribution is 5.45. The van der Waals surface area contributed by atoms with Crippen molar-refractivity contribution in [3.8, 4) is 17.6 Å². The van der Waals surface area contributed by atoms with Gasteiger partial charge in [-0.2, -0.15) is 8.78 Å². The summed E-state index contributed by atoms with van der Waals surface area (Å²) in [5, 5.41) is 0. The lowest BCUT2D eigenvalue weighted by Crippen LogP contribution is -2.30. The van der Waals surface area contributed by atoms with Crippen molar-refractivity contribution in [2.24, 2.45) is 17.8 Å². The van der Waals surface area contributed by atoms with Crippen LogP contribution < -0.4 is 4.74 Å². The zero-order chi connectivity index (χ0) is 23.2. The summed E-state index contributed by atoms with van der Waals surface area (Å²) in [4.78, 5) is 0. The molecule has 33 heavy (non-hydrogen) atoms. The second-order valence-corrected chi connectivity index (χ2v) is 9.47. The van der Waals surface area contributed by atoms with E-state index in [-0.39, 0.29) is 11.6 Å². The number of rotatable bonds is 6. The van der Waals surface area contributed by atoms with Crippen LogP contribution in [0.2, 0.25) is 0 Å². The van der Waals surface area contributed by atoms with E-state index in [0.717, 1.165) is 42.6 Å². The van der Waals surface area contributed by atoms with Crippen LogP contribution in [0.3, 0.4) is 0 Å². The standard InChI is InChI=1S/C29H31F3O/c1-2-3-4-21-6-10-24-18-25(14-13-23(24)17-21)26-12-11-22(28(30)19-26)9-5-20-7-15-27(16-8-20)33-29(31)32/h2,7-8,11-12,15-16,19,21,23-25,29H,1,3-4,6,10,13-14,17-18H2. The molecule has 174 valence electrons. The molecule has 0 N–H and O–H groups in total. The van der Waals surface area contributed by atoms with Crippen LogP contribution in [0.25, 0.3) is 0 Å². The number of allylic oxidation sites excluding steroid dienone is 1. The summed E-state index contributed by atoms with van der Waals surface area (Å²) in [5.41, 5.74) is 2.05. The first-order chi connectivity index (χ1) is 16.0. The van der Waals surface area contributed by atoms with Crippen molar-refractivity contribution in [3.63, 3.8) is 0 Å². The summed E-state index contributed by atoms with van der Waals surface area (Å²) >= 11 is 0. The van der Waals surface area contributed by atoms with Gasteiger partial charge < -0.3 is 4.74 Å². The zero-order valence-corrected chi connectivity index (χ0v) is 18.9. The predicted octanol–water partition coefficient (Wildman–Crippen LogP) is 8.09. The van der Waals surface area contributed by atoms with Gasteiger partial charge in [0, 0.05) is 5.56 Å². The Labute approximate surface area is 195 Å². The first-order valence-corrected chi connectivity index (χ1v) is 12.0. The fraction of sp³-hybridized carbons (Fsp3) is 0.448. The second-order valence-electron chi connectivity index (χ2n) is 9.47. The van der Waals surface area contributed by atoms with Gasteiger partial charge in [0.15, 0.2) is 0 Å². The highest BCUT2D eigenvalue weighted by atomic mass is 19.3. The minimum atomic E-state index is -2.86. The fourth-order valence-electron chi connectivity index (χ4n) is 5.65. The molecular weight excluding hydrogens is 421 g/mol. The van der Waals surface area contributed by atoms with Gasteiger partial charge in [-0.05, 0) is 111 Å². The number of ether oxygens (including phenoxy) is 1. The molecule has 4 heteroatoms. The highest BCUT2D eigenvalue weighted by Gasteiger charge is 2.35. The first kappa shape index (κ1) is 23.5. The topological polar surface area (TPSA) is 9.23 Å². The van der Waals surface area contributed by atoms with E-state index < -0.39 is 6.61 Å². The summed E-state index contributed by atoms with van der Waals surface area (Å²) < 4.78 is 43.6. The van der Waals surface area contributed by atoms with Crippen LogP contribution in [0, 0.1) is 35.4 Å². The van der Waals surface area contributed by atoms with Gasteiger partial charge in [0.25, 0.3) is 0 Å². The van der Waals surface area contributed by atoms with Crippen LogP contribution >= 0.6 is 0 Å². The van der Waals surface area contributed by atoms with E-state index in [9.17, 15) is 13.2 Å². The zero-order valence-electron chi connectivity index (χ0n) is 18.9. The van der Waals surface area contributed by atoms with Gasteiger partial charge >= 0.3 is 6.61 Å². The van der Waals surface area contributed by atoms with Crippen LogP contribution in [-0.2, 0) is 0 Å². The molecule has 2 aromatic rings. The van der Waals surface area contributed by atoms with Crippen molar-refractivity contribution < 1.29 is 17.9 Å². The quantitative estimate of drug-likeness (QED) is 0.318. The van der Waals surface area contributed by atoms with E-state index in [1.165, 1.54) is 44.2 Å². The number of fused-ring (bicyclic) bond motifs is 1. The Morgan fingerprint density at radius 3 is 2.45 bits per heavy atom. The minimum Gasteiger partial charge on any atom is -0.435 e. The number of halogens is 3. The second kappa shape index (κ2) is 11.0. The fourth-order valence-corrected chi connectivity index (χ4v) is 5.65. The van der Waals surface area contributed by atoms with E-state index in [0.29, 0.717) is 17.0 Å². The van der Waals surface area contributed by atoms with E-state index in [1.54, 1.807) is 24.3 Å². The van der Waals surface area contributed by atoms with Crippen molar-refractivity contribution in [2.45, 2.75) is 63.9 Å². The number of hydrogen-bond acceptors (Lipinski definition) is 1. The Morgan fingerprint density at radius 1 is 0.970 bits per heavy atom. The molecule has 4 rings (SSSR count). The number of alkyl halides is 2. The lowest BCUT2D eigenvalue weighted by molar-refractivity contribution is -0.0498. The van der Waals surface area contributed by atoms with E-state index >= 15 is 0 Å².